The van der Waals surface area contributed by atoms with Crippen LogP contribution < -0.4 is 0 Å². The average molecular weight is 164 g/mol. The number of hydrogen-bond acceptors (Lipinski definition) is 2. The number of ether oxygens (including phenoxy) is 1. The fourth-order valence-corrected chi connectivity index (χ4v) is 1.36. The van der Waals surface area contributed by atoms with Gasteiger partial charge >= 0.3 is 0 Å². The molecular weight excluding hydrogens is 152 g/mol. The first kappa shape index (κ1) is 7.62. The molecule has 0 radical (unpaired) electrons. The predicted molar refractivity (Wildman–Crippen MR) is 45.8 cm³/mol. The first-order valence-corrected chi connectivity index (χ1v) is 4.15. The van der Waals surface area contributed by atoms with E-state index in [1.165, 1.54) is 5.57 Å². The summed E-state index contributed by atoms with van der Waals surface area (Å²) >= 11 is 0. The Hall–Kier alpha value is -1.02. The molecule has 0 unspecified atom stereocenters. The van der Waals surface area contributed by atoms with E-state index in [4.69, 9.17) is 9.15 Å². The van der Waals surface area contributed by atoms with Gasteiger partial charge in [0.25, 0.3) is 0 Å². The SMILES string of the molecule is CC1=CC[C@@H](c2ccoc2)OC1. The molecule has 1 aliphatic heterocycles. The fourth-order valence-electron chi connectivity index (χ4n) is 1.36. The van der Waals surface area contributed by atoms with E-state index in [-0.39, 0.29) is 6.10 Å². The Morgan fingerprint density at radius 3 is 3.00 bits per heavy atom. The number of hydrogen-bond donors (Lipinski definition) is 0. The lowest BCUT2D eigenvalue weighted by molar-refractivity contribution is 0.0613. The fraction of sp³-hybridized carbons (Fsp3) is 0.400. The minimum atomic E-state index is 0.201. The molecule has 0 aliphatic carbocycles. The molecule has 12 heavy (non-hydrogen) atoms. The largest absolute Gasteiger partial charge is 0.472 e. The Morgan fingerprint density at radius 2 is 2.42 bits per heavy atom. The molecule has 2 heteroatoms. The zero-order valence-corrected chi connectivity index (χ0v) is 7.12. The molecule has 0 saturated heterocycles. The summed E-state index contributed by atoms with van der Waals surface area (Å²) in [5, 5.41) is 0. The highest BCUT2D eigenvalue weighted by Gasteiger charge is 2.15. The first-order valence-electron chi connectivity index (χ1n) is 4.15. The molecule has 1 aliphatic rings. The first-order chi connectivity index (χ1) is 5.86. The van der Waals surface area contributed by atoms with Crippen LogP contribution >= 0.6 is 0 Å². The maximum Gasteiger partial charge on any atom is 0.0960 e. The second kappa shape index (κ2) is 3.15. The minimum absolute atomic E-state index is 0.201. The third kappa shape index (κ3) is 1.43. The van der Waals surface area contributed by atoms with Crippen molar-refractivity contribution in [2.45, 2.75) is 19.4 Å². The molecule has 2 heterocycles. The molecule has 64 valence electrons. The molecule has 0 bridgehead atoms. The zero-order chi connectivity index (χ0) is 8.39. The van der Waals surface area contributed by atoms with Crippen LogP contribution in [0.3, 0.4) is 0 Å². The normalized spacial score (nSPS) is 23.8. The van der Waals surface area contributed by atoms with Gasteiger partial charge in [-0.2, -0.15) is 0 Å². The van der Waals surface area contributed by atoms with Crippen LogP contribution in [0.4, 0.5) is 0 Å². The third-order valence-electron chi connectivity index (χ3n) is 2.11. The molecule has 0 N–H and O–H groups in total. The summed E-state index contributed by atoms with van der Waals surface area (Å²) in [6, 6.07) is 1.96. The Morgan fingerprint density at radius 1 is 1.50 bits per heavy atom. The number of furan rings is 1. The Balaban J connectivity index is 2.09. The summed E-state index contributed by atoms with van der Waals surface area (Å²) in [6.07, 6.45) is 6.82. The second-order valence-electron chi connectivity index (χ2n) is 3.14. The summed E-state index contributed by atoms with van der Waals surface area (Å²) < 4.78 is 10.6. The Bertz CT molecular complexity index is 272. The molecule has 0 saturated carbocycles. The molecule has 2 rings (SSSR count). The van der Waals surface area contributed by atoms with E-state index in [1.807, 2.05) is 6.07 Å². The van der Waals surface area contributed by atoms with Crippen molar-refractivity contribution in [1.29, 1.82) is 0 Å². The van der Waals surface area contributed by atoms with Crippen molar-refractivity contribution in [3.05, 3.63) is 35.8 Å². The average Bonchev–Trinajstić information content (AvgIpc) is 2.58. The van der Waals surface area contributed by atoms with Crippen LogP contribution in [0.5, 0.6) is 0 Å². The van der Waals surface area contributed by atoms with Crippen LogP contribution in [0.25, 0.3) is 0 Å². The molecule has 0 spiro atoms. The summed E-state index contributed by atoms with van der Waals surface area (Å²) in [4.78, 5) is 0. The van der Waals surface area contributed by atoms with Gasteiger partial charge in [0, 0.05) is 5.56 Å². The van der Waals surface area contributed by atoms with Gasteiger partial charge in [-0.3, -0.25) is 0 Å². The standard InChI is InChI=1S/C10H12O2/c1-8-2-3-10(12-6-8)9-4-5-11-7-9/h2,4-5,7,10H,3,6H2,1H3/t10-/m0/s1. The molecular formula is C10H12O2. The Labute approximate surface area is 71.8 Å². The Kier molecular flexibility index (Phi) is 2.00. The van der Waals surface area contributed by atoms with Crippen molar-refractivity contribution in [3.8, 4) is 0 Å². The smallest absolute Gasteiger partial charge is 0.0960 e. The van der Waals surface area contributed by atoms with E-state index in [0.717, 1.165) is 18.6 Å². The maximum atomic E-state index is 5.61. The van der Waals surface area contributed by atoms with Gasteiger partial charge in [0.15, 0.2) is 0 Å². The number of rotatable bonds is 1. The summed E-state index contributed by atoms with van der Waals surface area (Å²) in [6.45, 7) is 2.83. The molecule has 0 amide bonds. The van der Waals surface area contributed by atoms with Crippen molar-refractivity contribution >= 4 is 0 Å². The van der Waals surface area contributed by atoms with E-state index < -0.39 is 0 Å². The van der Waals surface area contributed by atoms with Gasteiger partial charge in [0.2, 0.25) is 0 Å². The van der Waals surface area contributed by atoms with Crippen LogP contribution in [0.2, 0.25) is 0 Å². The summed E-state index contributed by atoms with van der Waals surface area (Å²) in [5.74, 6) is 0. The van der Waals surface area contributed by atoms with E-state index in [1.54, 1.807) is 12.5 Å². The highest BCUT2D eigenvalue weighted by molar-refractivity contribution is 5.14. The quantitative estimate of drug-likeness (QED) is 0.595. The highest BCUT2D eigenvalue weighted by Crippen LogP contribution is 2.26. The van der Waals surface area contributed by atoms with E-state index in [0.29, 0.717) is 0 Å². The van der Waals surface area contributed by atoms with Crippen LogP contribution in [-0.4, -0.2) is 6.61 Å². The molecule has 1 aromatic heterocycles. The van der Waals surface area contributed by atoms with Crippen molar-refractivity contribution < 1.29 is 9.15 Å². The van der Waals surface area contributed by atoms with Gasteiger partial charge in [-0.25, -0.2) is 0 Å². The van der Waals surface area contributed by atoms with E-state index in [9.17, 15) is 0 Å². The van der Waals surface area contributed by atoms with Gasteiger partial charge in [-0.1, -0.05) is 11.6 Å². The van der Waals surface area contributed by atoms with Crippen LogP contribution in [0.15, 0.2) is 34.7 Å². The lowest BCUT2D eigenvalue weighted by Crippen LogP contribution is -2.09. The van der Waals surface area contributed by atoms with E-state index >= 15 is 0 Å². The van der Waals surface area contributed by atoms with Gasteiger partial charge in [-0.15, -0.1) is 0 Å². The molecule has 0 aromatic carbocycles. The highest BCUT2D eigenvalue weighted by atomic mass is 16.5. The van der Waals surface area contributed by atoms with Crippen molar-refractivity contribution in [2.24, 2.45) is 0 Å². The molecule has 1 atom stereocenters. The minimum Gasteiger partial charge on any atom is -0.472 e. The van der Waals surface area contributed by atoms with Crippen molar-refractivity contribution in [2.75, 3.05) is 6.61 Å². The predicted octanol–water partition coefficient (Wildman–Crippen LogP) is 2.69. The van der Waals surface area contributed by atoms with Crippen LogP contribution in [-0.2, 0) is 4.74 Å². The zero-order valence-electron chi connectivity index (χ0n) is 7.12. The monoisotopic (exact) mass is 164 g/mol. The maximum absolute atomic E-state index is 5.61. The van der Waals surface area contributed by atoms with Gasteiger partial charge in [0.05, 0.1) is 25.2 Å². The van der Waals surface area contributed by atoms with Gasteiger partial charge < -0.3 is 9.15 Å². The second-order valence-corrected chi connectivity index (χ2v) is 3.14. The van der Waals surface area contributed by atoms with Crippen molar-refractivity contribution in [1.82, 2.24) is 0 Å². The van der Waals surface area contributed by atoms with E-state index in [2.05, 4.69) is 13.0 Å². The lowest BCUT2D eigenvalue weighted by Gasteiger charge is -2.19. The topological polar surface area (TPSA) is 22.4 Å². The van der Waals surface area contributed by atoms with Gasteiger partial charge in [-0.05, 0) is 19.4 Å². The molecule has 0 fully saturated rings. The third-order valence-corrected chi connectivity index (χ3v) is 2.11. The summed E-state index contributed by atoms with van der Waals surface area (Å²) in [7, 11) is 0. The summed E-state index contributed by atoms with van der Waals surface area (Å²) in [5.41, 5.74) is 2.45. The van der Waals surface area contributed by atoms with Crippen molar-refractivity contribution in [3.63, 3.8) is 0 Å². The van der Waals surface area contributed by atoms with Crippen LogP contribution in [0, 0.1) is 0 Å². The molecule has 1 aromatic rings. The lowest BCUT2D eigenvalue weighted by atomic mass is 10.1. The van der Waals surface area contributed by atoms with Gasteiger partial charge in [0.1, 0.15) is 0 Å². The molecule has 2 nitrogen and oxygen atoms in total. The van der Waals surface area contributed by atoms with Crippen LogP contribution in [0.1, 0.15) is 25.0 Å².